The number of nitrogens with zero attached hydrogens (tertiary/aromatic N) is 4. The first kappa shape index (κ1) is 15.4. The lowest BCUT2D eigenvalue weighted by molar-refractivity contribution is 0.733. The highest BCUT2D eigenvalue weighted by Crippen LogP contribution is 2.17. The minimum Gasteiger partial charge on any atom is -0.315 e. The molecule has 0 bridgehead atoms. The number of hydrogen-bond acceptors (Lipinski definition) is 4. The van der Waals surface area contributed by atoms with Gasteiger partial charge < -0.3 is 9.13 Å². The van der Waals surface area contributed by atoms with Crippen molar-refractivity contribution in [2.24, 2.45) is 10.2 Å². The lowest BCUT2D eigenvalue weighted by atomic mass is 10.3. The summed E-state index contributed by atoms with van der Waals surface area (Å²) >= 11 is 3.37. The number of hydrogen-bond donors (Lipinski definition) is 0. The van der Waals surface area contributed by atoms with Crippen LogP contribution in [0.1, 0.15) is 13.8 Å². The van der Waals surface area contributed by atoms with Gasteiger partial charge in [0.15, 0.2) is 0 Å². The molecule has 0 unspecified atom stereocenters. The zero-order valence-corrected chi connectivity index (χ0v) is 15.3. The van der Waals surface area contributed by atoms with E-state index in [1.807, 2.05) is 0 Å². The van der Waals surface area contributed by atoms with E-state index in [-0.39, 0.29) is 0 Å². The van der Waals surface area contributed by atoms with E-state index >= 15 is 0 Å². The van der Waals surface area contributed by atoms with Crippen LogP contribution >= 0.6 is 22.7 Å². The Bertz CT molecular complexity index is 1050. The predicted octanol–water partition coefficient (Wildman–Crippen LogP) is 4.18. The van der Waals surface area contributed by atoms with Crippen molar-refractivity contribution in [3.8, 4) is 0 Å². The average molecular weight is 355 g/mol. The Kier molecular flexibility index (Phi) is 4.08. The maximum Gasteiger partial charge on any atom is 0.211 e. The number of thiazole rings is 2. The molecule has 0 spiro atoms. The van der Waals surface area contributed by atoms with Crippen LogP contribution in [0, 0.1) is 0 Å². The molecule has 2 aromatic heterocycles. The second kappa shape index (κ2) is 6.37. The van der Waals surface area contributed by atoms with Gasteiger partial charge >= 0.3 is 0 Å². The SMILES string of the molecule is CCn1/c(=N/N=c2/sc3ccccc3n2CC)sc2ccccc21. The van der Waals surface area contributed by atoms with Crippen LogP contribution in [0.15, 0.2) is 58.7 Å². The van der Waals surface area contributed by atoms with Gasteiger partial charge in [0, 0.05) is 13.1 Å². The van der Waals surface area contributed by atoms with Gasteiger partial charge in [-0.1, -0.05) is 46.9 Å². The van der Waals surface area contributed by atoms with Crippen molar-refractivity contribution in [2.75, 3.05) is 0 Å². The summed E-state index contributed by atoms with van der Waals surface area (Å²) in [4.78, 5) is 1.89. The number of rotatable bonds is 3. The van der Waals surface area contributed by atoms with Gasteiger partial charge in [0.1, 0.15) is 0 Å². The maximum absolute atomic E-state index is 4.58. The van der Waals surface area contributed by atoms with Crippen LogP contribution in [0.2, 0.25) is 0 Å². The van der Waals surface area contributed by atoms with E-state index < -0.39 is 0 Å². The van der Waals surface area contributed by atoms with Crippen LogP contribution in [0.5, 0.6) is 0 Å². The molecule has 24 heavy (non-hydrogen) atoms. The molecule has 0 fully saturated rings. The normalized spacial score (nSPS) is 13.4. The zero-order valence-electron chi connectivity index (χ0n) is 13.6. The molecule has 4 nitrogen and oxygen atoms in total. The minimum atomic E-state index is 0.887. The van der Waals surface area contributed by atoms with Crippen LogP contribution in [-0.4, -0.2) is 9.13 Å². The highest BCUT2D eigenvalue weighted by Gasteiger charge is 2.05. The lowest BCUT2D eigenvalue weighted by Gasteiger charge is -1.99. The Morgan fingerprint density at radius 3 is 1.54 bits per heavy atom. The third-order valence-electron chi connectivity index (χ3n) is 4.03. The smallest absolute Gasteiger partial charge is 0.211 e. The molecular formula is C18H18N4S2. The van der Waals surface area contributed by atoms with Gasteiger partial charge in [0.2, 0.25) is 9.60 Å². The van der Waals surface area contributed by atoms with Gasteiger partial charge in [0.25, 0.3) is 0 Å². The van der Waals surface area contributed by atoms with Crippen molar-refractivity contribution < 1.29 is 0 Å². The quantitative estimate of drug-likeness (QED) is 0.495. The van der Waals surface area contributed by atoms with Gasteiger partial charge in [-0.05, 0) is 38.1 Å². The topological polar surface area (TPSA) is 34.6 Å². The van der Waals surface area contributed by atoms with Crippen LogP contribution in [0.4, 0.5) is 0 Å². The highest BCUT2D eigenvalue weighted by molar-refractivity contribution is 7.16. The molecule has 6 heteroatoms. The third kappa shape index (κ3) is 2.52. The minimum absolute atomic E-state index is 0.887. The molecule has 2 aromatic carbocycles. The van der Waals surface area contributed by atoms with Crippen molar-refractivity contribution in [3.05, 3.63) is 58.1 Å². The summed E-state index contributed by atoms with van der Waals surface area (Å²) < 4.78 is 6.92. The van der Waals surface area contributed by atoms with Crippen molar-refractivity contribution in [3.63, 3.8) is 0 Å². The summed E-state index contributed by atoms with van der Waals surface area (Å²) in [7, 11) is 0. The van der Waals surface area contributed by atoms with Crippen molar-refractivity contribution in [1.82, 2.24) is 9.13 Å². The van der Waals surface area contributed by atoms with Gasteiger partial charge in [-0.2, -0.15) is 0 Å². The van der Waals surface area contributed by atoms with Crippen LogP contribution in [0.25, 0.3) is 20.4 Å². The average Bonchev–Trinajstić information content (AvgIpc) is 3.16. The van der Waals surface area contributed by atoms with Crippen molar-refractivity contribution in [2.45, 2.75) is 26.9 Å². The molecule has 0 amide bonds. The summed E-state index contributed by atoms with van der Waals surface area (Å²) in [6.07, 6.45) is 0. The van der Waals surface area contributed by atoms with Gasteiger partial charge in [-0.15, -0.1) is 10.2 Å². The Morgan fingerprint density at radius 2 is 1.12 bits per heavy atom. The van der Waals surface area contributed by atoms with Gasteiger partial charge in [-0.25, -0.2) is 0 Å². The molecule has 0 aliphatic heterocycles. The second-order valence-corrected chi connectivity index (χ2v) is 7.41. The predicted molar refractivity (Wildman–Crippen MR) is 102 cm³/mol. The van der Waals surface area contributed by atoms with Gasteiger partial charge in [0.05, 0.1) is 20.4 Å². The molecule has 0 saturated heterocycles. The molecular weight excluding hydrogens is 336 g/mol. The summed E-state index contributed by atoms with van der Waals surface area (Å²) in [6, 6.07) is 16.8. The fourth-order valence-corrected chi connectivity index (χ4v) is 4.98. The molecule has 0 aliphatic carbocycles. The first-order valence-corrected chi connectivity index (χ1v) is 9.69. The largest absolute Gasteiger partial charge is 0.315 e. The Hall–Kier alpha value is -2.18. The fourth-order valence-electron chi connectivity index (χ4n) is 2.89. The number of fused-ring (bicyclic) bond motifs is 2. The van der Waals surface area contributed by atoms with Crippen molar-refractivity contribution in [1.29, 1.82) is 0 Å². The molecule has 0 aliphatic rings. The lowest BCUT2D eigenvalue weighted by Crippen LogP contribution is -2.16. The maximum atomic E-state index is 4.58. The van der Waals surface area contributed by atoms with E-state index in [2.05, 4.69) is 81.7 Å². The van der Waals surface area contributed by atoms with E-state index in [4.69, 9.17) is 0 Å². The molecule has 2 heterocycles. The molecule has 4 aromatic rings. The molecule has 0 atom stereocenters. The zero-order chi connectivity index (χ0) is 16.5. The molecule has 122 valence electrons. The fraction of sp³-hybridized carbons (Fsp3) is 0.222. The first-order valence-electron chi connectivity index (χ1n) is 8.06. The van der Waals surface area contributed by atoms with E-state index in [1.54, 1.807) is 22.7 Å². The number of benzene rings is 2. The van der Waals surface area contributed by atoms with E-state index in [9.17, 15) is 0 Å². The van der Waals surface area contributed by atoms with E-state index in [0.717, 1.165) is 22.7 Å². The highest BCUT2D eigenvalue weighted by atomic mass is 32.1. The standard InChI is InChI=1S/C18H18N4S2/c1-3-21-13-9-5-7-11-15(13)23-17(21)19-20-18-22(4-2)14-10-6-8-12-16(14)24-18/h5-12H,3-4H2,1-2H3/b19-17-,20-18+. The summed E-state index contributed by atoms with van der Waals surface area (Å²) in [6.45, 7) is 6.06. The van der Waals surface area contributed by atoms with Gasteiger partial charge in [-0.3, -0.25) is 0 Å². The van der Waals surface area contributed by atoms with Crippen LogP contribution < -0.4 is 9.60 Å². The van der Waals surface area contributed by atoms with E-state index in [0.29, 0.717) is 0 Å². The van der Waals surface area contributed by atoms with E-state index in [1.165, 1.54) is 20.4 Å². The van der Waals surface area contributed by atoms with Crippen molar-refractivity contribution >= 4 is 43.1 Å². The molecule has 0 radical (unpaired) electrons. The Morgan fingerprint density at radius 1 is 0.708 bits per heavy atom. The Labute approximate surface area is 147 Å². The first-order chi connectivity index (χ1) is 11.8. The Balaban J connectivity index is 1.95. The molecule has 0 N–H and O–H groups in total. The summed E-state index contributed by atoms with van der Waals surface area (Å²) in [5.41, 5.74) is 2.44. The number of para-hydroxylation sites is 2. The number of aromatic nitrogens is 2. The second-order valence-electron chi connectivity index (χ2n) is 5.39. The molecule has 0 saturated carbocycles. The summed E-state index contributed by atoms with van der Waals surface area (Å²) in [5.74, 6) is 0. The van der Waals surface area contributed by atoms with Crippen LogP contribution in [-0.2, 0) is 13.1 Å². The van der Waals surface area contributed by atoms with Crippen LogP contribution in [0.3, 0.4) is 0 Å². The molecule has 4 rings (SSSR count). The monoisotopic (exact) mass is 354 g/mol. The summed E-state index contributed by atoms with van der Waals surface area (Å²) in [5, 5.41) is 9.17. The number of aryl methyl sites for hydroxylation is 2. The third-order valence-corrected chi connectivity index (χ3v) is 6.13.